The largest absolute Gasteiger partial charge is 0.348 e. The van der Waals surface area contributed by atoms with E-state index in [1.54, 1.807) is 0 Å². The lowest BCUT2D eigenvalue weighted by atomic mass is 10.1. The summed E-state index contributed by atoms with van der Waals surface area (Å²) in [6, 6.07) is 9.88. The third-order valence-corrected chi connectivity index (χ3v) is 4.00. The van der Waals surface area contributed by atoms with Gasteiger partial charge in [0.15, 0.2) is 0 Å². The molecule has 0 aliphatic heterocycles. The summed E-state index contributed by atoms with van der Waals surface area (Å²) in [6.45, 7) is 5.07. The predicted molar refractivity (Wildman–Crippen MR) is 92.1 cm³/mol. The molecule has 0 heterocycles. The fraction of sp³-hybridized carbons (Fsp3) is 0.529. The zero-order valence-electron chi connectivity index (χ0n) is 13.1. The van der Waals surface area contributed by atoms with Gasteiger partial charge < -0.3 is 10.6 Å². The number of carbonyl (C=O) groups excluding carboxylic acids is 1. The fourth-order valence-electron chi connectivity index (χ4n) is 2.14. The van der Waals surface area contributed by atoms with Crippen LogP contribution in [-0.4, -0.2) is 24.2 Å². The summed E-state index contributed by atoms with van der Waals surface area (Å²) in [4.78, 5) is 12.4. The maximum atomic E-state index is 12.4. The van der Waals surface area contributed by atoms with Crippen LogP contribution in [0.2, 0.25) is 0 Å². The SMILES string of the molecule is [CH2]SC[C@@H](NCCCCC)C(=O)N[C@H](C)c1ccccc1. The van der Waals surface area contributed by atoms with Gasteiger partial charge in [0.1, 0.15) is 0 Å². The van der Waals surface area contributed by atoms with Crippen LogP contribution < -0.4 is 10.6 Å². The molecule has 0 fully saturated rings. The molecule has 1 aromatic rings. The van der Waals surface area contributed by atoms with Gasteiger partial charge >= 0.3 is 0 Å². The van der Waals surface area contributed by atoms with E-state index in [1.807, 2.05) is 37.3 Å². The van der Waals surface area contributed by atoms with Crippen LogP contribution in [0, 0.1) is 6.26 Å². The minimum absolute atomic E-state index is 0.0217. The number of thioether (sulfide) groups is 1. The molecule has 1 radical (unpaired) electrons. The summed E-state index contributed by atoms with van der Waals surface area (Å²) < 4.78 is 0. The lowest BCUT2D eigenvalue weighted by Gasteiger charge is -2.21. The van der Waals surface area contributed by atoms with Gasteiger partial charge in [-0.3, -0.25) is 4.79 Å². The van der Waals surface area contributed by atoms with Crippen LogP contribution in [0.4, 0.5) is 0 Å². The number of hydrogen-bond acceptors (Lipinski definition) is 3. The second-order valence-corrected chi connectivity index (χ2v) is 5.97. The second-order valence-electron chi connectivity index (χ2n) is 5.23. The van der Waals surface area contributed by atoms with E-state index >= 15 is 0 Å². The van der Waals surface area contributed by atoms with E-state index < -0.39 is 0 Å². The Hall–Kier alpha value is -1.00. The van der Waals surface area contributed by atoms with Crippen molar-refractivity contribution < 1.29 is 4.79 Å². The van der Waals surface area contributed by atoms with Gasteiger partial charge in [-0.2, -0.15) is 11.8 Å². The second kappa shape index (κ2) is 10.7. The van der Waals surface area contributed by atoms with E-state index in [2.05, 4.69) is 23.8 Å². The van der Waals surface area contributed by atoms with Crippen molar-refractivity contribution in [3.05, 3.63) is 42.2 Å². The highest BCUT2D eigenvalue weighted by Crippen LogP contribution is 2.12. The molecule has 2 atom stereocenters. The number of amides is 1. The molecular formula is C17H27N2OS. The van der Waals surface area contributed by atoms with E-state index in [-0.39, 0.29) is 18.0 Å². The predicted octanol–water partition coefficient (Wildman–Crippen LogP) is 3.54. The zero-order chi connectivity index (χ0) is 15.5. The first-order chi connectivity index (χ1) is 10.2. The molecule has 1 aromatic carbocycles. The zero-order valence-corrected chi connectivity index (χ0v) is 13.9. The smallest absolute Gasteiger partial charge is 0.238 e. The number of rotatable bonds is 10. The molecular weight excluding hydrogens is 280 g/mol. The van der Waals surface area contributed by atoms with Gasteiger partial charge in [-0.15, -0.1) is 0 Å². The highest BCUT2D eigenvalue weighted by molar-refractivity contribution is 8.00. The Morgan fingerprint density at radius 1 is 1.29 bits per heavy atom. The van der Waals surface area contributed by atoms with Crippen LogP contribution in [0.5, 0.6) is 0 Å². The Balaban J connectivity index is 2.48. The fourth-order valence-corrected chi connectivity index (χ4v) is 2.64. The number of unbranched alkanes of at least 4 members (excludes halogenated alkanes) is 2. The van der Waals surface area contributed by atoms with Crippen molar-refractivity contribution in [3.8, 4) is 0 Å². The molecule has 0 spiro atoms. The van der Waals surface area contributed by atoms with Crippen molar-refractivity contribution in [3.63, 3.8) is 0 Å². The molecule has 1 amide bonds. The maximum Gasteiger partial charge on any atom is 0.238 e. The molecule has 21 heavy (non-hydrogen) atoms. The Morgan fingerprint density at radius 3 is 2.62 bits per heavy atom. The molecule has 0 bridgehead atoms. The molecule has 0 saturated heterocycles. The normalized spacial score (nSPS) is 13.7. The number of benzene rings is 1. The van der Waals surface area contributed by atoms with E-state index in [4.69, 9.17) is 0 Å². The summed E-state index contributed by atoms with van der Waals surface area (Å²) in [5, 5.41) is 6.42. The average molecular weight is 307 g/mol. The third kappa shape index (κ3) is 7.00. The van der Waals surface area contributed by atoms with E-state index in [9.17, 15) is 4.79 Å². The van der Waals surface area contributed by atoms with Crippen LogP contribution in [0.3, 0.4) is 0 Å². The van der Waals surface area contributed by atoms with Gasteiger partial charge in [-0.25, -0.2) is 0 Å². The van der Waals surface area contributed by atoms with Crippen molar-refractivity contribution in [2.24, 2.45) is 0 Å². The molecule has 117 valence electrons. The van der Waals surface area contributed by atoms with Gasteiger partial charge in [0.05, 0.1) is 12.1 Å². The first-order valence-corrected chi connectivity index (χ1v) is 8.80. The van der Waals surface area contributed by atoms with Crippen LogP contribution in [0.1, 0.15) is 44.7 Å². The average Bonchev–Trinajstić information content (AvgIpc) is 2.51. The first-order valence-electron chi connectivity index (χ1n) is 7.64. The highest BCUT2D eigenvalue weighted by Gasteiger charge is 2.19. The van der Waals surface area contributed by atoms with E-state index in [0.29, 0.717) is 5.75 Å². The van der Waals surface area contributed by atoms with Gasteiger partial charge in [0, 0.05) is 12.0 Å². The van der Waals surface area contributed by atoms with Crippen molar-refractivity contribution in [1.29, 1.82) is 0 Å². The summed E-state index contributed by atoms with van der Waals surface area (Å²) in [5.74, 6) is 0.749. The molecule has 0 saturated carbocycles. The van der Waals surface area contributed by atoms with Crippen molar-refractivity contribution in [2.75, 3.05) is 12.3 Å². The first kappa shape index (κ1) is 18.1. The quantitative estimate of drug-likeness (QED) is 0.650. The minimum atomic E-state index is -0.171. The van der Waals surface area contributed by atoms with Gasteiger partial charge in [0.25, 0.3) is 0 Å². The maximum absolute atomic E-state index is 12.4. The molecule has 0 aliphatic carbocycles. The molecule has 4 heteroatoms. The van der Waals surface area contributed by atoms with Crippen LogP contribution in [0.25, 0.3) is 0 Å². The molecule has 0 aromatic heterocycles. The summed E-state index contributed by atoms with van der Waals surface area (Å²) in [5.41, 5.74) is 1.12. The Kier molecular flexibility index (Phi) is 9.19. The molecule has 0 aliphatic rings. The monoisotopic (exact) mass is 307 g/mol. The standard InChI is InChI=1S/C17H27N2OS/c1-4-5-9-12-18-16(13-21-3)17(20)19-14(2)15-10-7-6-8-11-15/h6-8,10-11,14,16,18H,3-5,9,12-13H2,1-2H3,(H,19,20)/t14-,16-/m1/s1. The van der Waals surface area contributed by atoms with E-state index in [0.717, 1.165) is 18.5 Å². The van der Waals surface area contributed by atoms with Gasteiger partial charge in [-0.1, -0.05) is 50.1 Å². The highest BCUT2D eigenvalue weighted by atomic mass is 32.2. The molecule has 0 unspecified atom stereocenters. The number of hydrogen-bond donors (Lipinski definition) is 2. The van der Waals surface area contributed by atoms with Crippen LogP contribution in [-0.2, 0) is 4.79 Å². The summed E-state index contributed by atoms with van der Waals surface area (Å²) in [6.07, 6.45) is 7.28. The van der Waals surface area contributed by atoms with Crippen LogP contribution in [0.15, 0.2) is 30.3 Å². The minimum Gasteiger partial charge on any atom is -0.348 e. The lowest BCUT2D eigenvalue weighted by molar-refractivity contribution is -0.123. The summed E-state index contributed by atoms with van der Waals surface area (Å²) in [7, 11) is 0. The van der Waals surface area contributed by atoms with Crippen molar-refractivity contribution in [1.82, 2.24) is 10.6 Å². The number of nitrogens with one attached hydrogen (secondary N) is 2. The molecule has 1 rings (SSSR count). The van der Waals surface area contributed by atoms with E-state index in [1.165, 1.54) is 24.6 Å². The molecule has 2 N–H and O–H groups in total. The Morgan fingerprint density at radius 2 is 2.00 bits per heavy atom. The van der Waals surface area contributed by atoms with Crippen LogP contribution >= 0.6 is 11.8 Å². The Labute approximate surface area is 133 Å². The summed E-state index contributed by atoms with van der Waals surface area (Å²) >= 11 is 1.45. The topological polar surface area (TPSA) is 41.1 Å². The lowest BCUT2D eigenvalue weighted by Crippen LogP contribution is -2.46. The van der Waals surface area contributed by atoms with Crippen molar-refractivity contribution >= 4 is 17.7 Å². The van der Waals surface area contributed by atoms with Crippen molar-refractivity contribution in [2.45, 2.75) is 45.2 Å². The van der Waals surface area contributed by atoms with Gasteiger partial charge in [0.2, 0.25) is 5.91 Å². The van der Waals surface area contributed by atoms with Gasteiger partial charge in [-0.05, 0) is 25.5 Å². The number of carbonyl (C=O) groups is 1. The molecule has 3 nitrogen and oxygen atoms in total. The third-order valence-electron chi connectivity index (χ3n) is 3.43. The Bertz CT molecular complexity index is 397.